The Morgan fingerprint density at radius 2 is 2.24 bits per heavy atom. The molecular formula is C14H23N3. The first-order valence-electron chi connectivity index (χ1n) is 6.71. The monoisotopic (exact) mass is 233 g/mol. The van der Waals surface area contributed by atoms with Gasteiger partial charge in [0.05, 0.1) is 5.69 Å². The first-order valence-corrected chi connectivity index (χ1v) is 6.71. The Labute approximate surface area is 104 Å². The SMILES string of the molecule is CCC1CCC(c2ncc(C)c(CNC)n2)C1. The summed E-state index contributed by atoms with van der Waals surface area (Å²) in [4.78, 5) is 9.27. The zero-order valence-corrected chi connectivity index (χ0v) is 11.2. The Morgan fingerprint density at radius 1 is 1.41 bits per heavy atom. The first kappa shape index (κ1) is 12.5. The van der Waals surface area contributed by atoms with E-state index >= 15 is 0 Å². The lowest BCUT2D eigenvalue weighted by Gasteiger charge is -2.11. The number of hydrogen-bond donors (Lipinski definition) is 1. The molecule has 3 nitrogen and oxygen atoms in total. The van der Waals surface area contributed by atoms with Crippen molar-refractivity contribution in [3.8, 4) is 0 Å². The summed E-state index contributed by atoms with van der Waals surface area (Å²) in [7, 11) is 1.96. The van der Waals surface area contributed by atoms with Crippen molar-refractivity contribution in [3.05, 3.63) is 23.3 Å². The minimum absolute atomic E-state index is 0.594. The summed E-state index contributed by atoms with van der Waals surface area (Å²) in [5.74, 6) is 2.55. The van der Waals surface area contributed by atoms with Crippen LogP contribution in [-0.4, -0.2) is 17.0 Å². The van der Waals surface area contributed by atoms with E-state index in [1.807, 2.05) is 13.2 Å². The molecule has 17 heavy (non-hydrogen) atoms. The van der Waals surface area contributed by atoms with Crippen LogP contribution in [0.25, 0.3) is 0 Å². The van der Waals surface area contributed by atoms with Crippen molar-refractivity contribution in [3.63, 3.8) is 0 Å². The van der Waals surface area contributed by atoms with Crippen LogP contribution < -0.4 is 5.32 Å². The van der Waals surface area contributed by atoms with Gasteiger partial charge in [-0.3, -0.25) is 0 Å². The number of nitrogens with one attached hydrogen (secondary N) is 1. The Kier molecular flexibility index (Phi) is 4.11. The molecule has 1 fully saturated rings. The van der Waals surface area contributed by atoms with Crippen molar-refractivity contribution in [2.24, 2.45) is 5.92 Å². The van der Waals surface area contributed by atoms with E-state index in [1.165, 1.54) is 31.2 Å². The second-order valence-electron chi connectivity index (χ2n) is 5.17. The van der Waals surface area contributed by atoms with Gasteiger partial charge in [0.1, 0.15) is 5.82 Å². The highest BCUT2D eigenvalue weighted by atomic mass is 14.9. The lowest BCUT2D eigenvalue weighted by Crippen LogP contribution is -2.12. The van der Waals surface area contributed by atoms with Gasteiger partial charge in [-0.05, 0) is 44.7 Å². The topological polar surface area (TPSA) is 37.8 Å². The third-order valence-electron chi connectivity index (χ3n) is 3.92. The minimum Gasteiger partial charge on any atom is -0.314 e. The number of aromatic nitrogens is 2. The molecule has 3 heteroatoms. The molecule has 2 atom stereocenters. The van der Waals surface area contributed by atoms with E-state index in [0.717, 1.165) is 24.0 Å². The summed E-state index contributed by atoms with van der Waals surface area (Å²) in [5, 5.41) is 3.17. The molecule has 1 heterocycles. The molecule has 1 aliphatic rings. The fourth-order valence-electron chi connectivity index (χ4n) is 2.72. The molecule has 0 amide bonds. The van der Waals surface area contributed by atoms with E-state index in [1.54, 1.807) is 0 Å². The Bertz CT molecular complexity index is 376. The molecule has 0 radical (unpaired) electrons. The standard InChI is InChI=1S/C14H23N3/c1-4-11-5-6-12(7-11)14-16-8-10(2)13(17-14)9-15-3/h8,11-12,15H,4-7,9H2,1-3H3. The summed E-state index contributed by atoms with van der Waals surface area (Å²) >= 11 is 0. The Balaban J connectivity index is 2.13. The van der Waals surface area contributed by atoms with Crippen molar-refractivity contribution >= 4 is 0 Å². The highest BCUT2D eigenvalue weighted by Crippen LogP contribution is 2.38. The maximum Gasteiger partial charge on any atom is 0.131 e. The van der Waals surface area contributed by atoms with Gasteiger partial charge < -0.3 is 5.32 Å². The van der Waals surface area contributed by atoms with Crippen LogP contribution in [0.15, 0.2) is 6.20 Å². The fourth-order valence-corrected chi connectivity index (χ4v) is 2.72. The molecule has 0 aliphatic heterocycles. The summed E-state index contributed by atoms with van der Waals surface area (Å²) in [6.07, 6.45) is 7.17. The van der Waals surface area contributed by atoms with Crippen molar-refractivity contribution in [2.45, 2.75) is 52.0 Å². The minimum atomic E-state index is 0.594. The van der Waals surface area contributed by atoms with Gasteiger partial charge in [0.25, 0.3) is 0 Å². The summed E-state index contributed by atoms with van der Waals surface area (Å²) in [6, 6.07) is 0. The lowest BCUT2D eigenvalue weighted by atomic mass is 10.0. The number of rotatable bonds is 4. The van der Waals surface area contributed by atoms with Crippen LogP contribution in [0.4, 0.5) is 0 Å². The molecule has 1 aromatic heterocycles. The molecule has 1 aromatic rings. The molecule has 0 bridgehead atoms. The van der Waals surface area contributed by atoms with E-state index in [9.17, 15) is 0 Å². The van der Waals surface area contributed by atoms with E-state index in [-0.39, 0.29) is 0 Å². The highest BCUT2D eigenvalue weighted by molar-refractivity contribution is 5.17. The van der Waals surface area contributed by atoms with Crippen molar-refractivity contribution in [1.29, 1.82) is 0 Å². The third kappa shape index (κ3) is 2.83. The van der Waals surface area contributed by atoms with E-state index in [2.05, 4.69) is 24.1 Å². The van der Waals surface area contributed by atoms with Crippen LogP contribution >= 0.6 is 0 Å². The Morgan fingerprint density at radius 3 is 2.88 bits per heavy atom. The molecule has 2 unspecified atom stereocenters. The fraction of sp³-hybridized carbons (Fsp3) is 0.714. The van der Waals surface area contributed by atoms with Crippen LogP contribution in [-0.2, 0) is 6.54 Å². The number of nitrogens with zero attached hydrogens (tertiary/aromatic N) is 2. The van der Waals surface area contributed by atoms with Crippen LogP contribution in [0.1, 0.15) is 55.6 Å². The number of aryl methyl sites for hydroxylation is 1. The molecule has 0 saturated heterocycles. The molecule has 0 aromatic carbocycles. The molecule has 2 rings (SSSR count). The maximum atomic E-state index is 4.74. The van der Waals surface area contributed by atoms with E-state index < -0.39 is 0 Å². The summed E-state index contributed by atoms with van der Waals surface area (Å²) in [5.41, 5.74) is 2.34. The largest absolute Gasteiger partial charge is 0.314 e. The third-order valence-corrected chi connectivity index (χ3v) is 3.92. The first-order chi connectivity index (χ1) is 8.24. The average Bonchev–Trinajstić information content (AvgIpc) is 2.81. The second kappa shape index (κ2) is 5.58. The summed E-state index contributed by atoms with van der Waals surface area (Å²) in [6.45, 7) is 5.21. The van der Waals surface area contributed by atoms with Gasteiger partial charge in [0.15, 0.2) is 0 Å². The molecule has 1 aliphatic carbocycles. The van der Waals surface area contributed by atoms with Crippen molar-refractivity contribution in [1.82, 2.24) is 15.3 Å². The van der Waals surface area contributed by atoms with Gasteiger partial charge in [-0.25, -0.2) is 9.97 Å². The Hall–Kier alpha value is -0.960. The predicted octanol–water partition coefficient (Wildman–Crippen LogP) is 2.80. The van der Waals surface area contributed by atoms with Gasteiger partial charge in [0.2, 0.25) is 0 Å². The van der Waals surface area contributed by atoms with Gasteiger partial charge >= 0.3 is 0 Å². The maximum absolute atomic E-state index is 4.74. The van der Waals surface area contributed by atoms with Crippen LogP contribution in [0.5, 0.6) is 0 Å². The lowest BCUT2D eigenvalue weighted by molar-refractivity contribution is 0.516. The van der Waals surface area contributed by atoms with E-state index in [0.29, 0.717) is 5.92 Å². The van der Waals surface area contributed by atoms with Gasteiger partial charge in [0, 0.05) is 18.7 Å². The highest BCUT2D eigenvalue weighted by Gasteiger charge is 2.26. The molecular weight excluding hydrogens is 210 g/mol. The smallest absolute Gasteiger partial charge is 0.131 e. The van der Waals surface area contributed by atoms with Crippen molar-refractivity contribution < 1.29 is 0 Å². The molecule has 0 spiro atoms. The van der Waals surface area contributed by atoms with Crippen LogP contribution in [0.2, 0.25) is 0 Å². The van der Waals surface area contributed by atoms with E-state index in [4.69, 9.17) is 4.98 Å². The van der Waals surface area contributed by atoms with Crippen molar-refractivity contribution in [2.75, 3.05) is 7.05 Å². The average molecular weight is 233 g/mol. The zero-order valence-electron chi connectivity index (χ0n) is 11.2. The second-order valence-corrected chi connectivity index (χ2v) is 5.17. The molecule has 1 N–H and O–H groups in total. The van der Waals surface area contributed by atoms with Crippen LogP contribution in [0.3, 0.4) is 0 Å². The van der Waals surface area contributed by atoms with Crippen LogP contribution in [0, 0.1) is 12.8 Å². The molecule has 94 valence electrons. The predicted molar refractivity (Wildman–Crippen MR) is 69.9 cm³/mol. The summed E-state index contributed by atoms with van der Waals surface area (Å²) < 4.78 is 0. The number of hydrogen-bond acceptors (Lipinski definition) is 3. The van der Waals surface area contributed by atoms with Gasteiger partial charge in [-0.2, -0.15) is 0 Å². The quantitative estimate of drug-likeness (QED) is 0.869. The van der Waals surface area contributed by atoms with Gasteiger partial charge in [-0.1, -0.05) is 13.3 Å². The zero-order chi connectivity index (χ0) is 12.3. The normalized spacial score (nSPS) is 24.2. The van der Waals surface area contributed by atoms with Gasteiger partial charge in [-0.15, -0.1) is 0 Å². The molecule has 1 saturated carbocycles.